The van der Waals surface area contributed by atoms with Crippen molar-refractivity contribution < 1.29 is 43.7 Å². The molecule has 0 amide bonds. The molecule has 0 spiro atoms. The standard InChI is InChI=1S/C25H28F3NO7S2Si/c1-19-13-15-21(16-14-19)37(31,32)29(17-8-6-7-12-23(30)35-2)18-20-10-9-11-22(39(3,4)5)24(20)36-38(33,34)25(26,27)28/h7,9-16H,17-18H2,1-5H3/b12-7+. The van der Waals surface area contributed by atoms with Crippen LogP contribution in [-0.2, 0) is 36.2 Å². The SMILES string of the molecule is COC(=O)/C=C/C#CCN(Cc1cccc([Si](C)(C)C)c1OS(=O)(=O)C(F)(F)F)S(=O)(=O)c1ccc(C)cc1. The number of aryl methyl sites for hydroxylation is 1. The van der Waals surface area contributed by atoms with Crippen LogP contribution in [-0.4, -0.2) is 54.3 Å². The van der Waals surface area contributed by atoms with E-state index in [1.807, 2.05) is 0 Å². The first-order chi connectivity index (χ1) is 17.9. The van der Waals surface area contributed by atoms with Crippen molar-refractivity contribution in [2.75, 3.05) is 13.7 Å². The molecule has 0 radical (unpaired) electrons. The summed E-state index contributed by atoms with van der Waals surface area (Å²) in [6, 6.07) is 10.1. The summed E-state index contributed by atoms with van der Waals surface area (Å²) >= 11 is 0. The van der Waals surface area contributed by atoms with Gasteiger partial charge in [-0.05, 0) is 30.3 Å². The molecule has 0 saturated carbocycles. The molecule has 0 aliphatic carbocycles. The van der Waals surface area contributed by atoms with Crippen LogP contribution in [0.4, 0.5) is 13.2 Å². The lowest BCUT2D eigenvalue weighted by Crippen LogP contribution is -2.41. The van der Waals surface area contributed by atoms with Crippen molar-refractivity contribution in [3.8, 4) is 17.6 Å². The van der Waals surface area contributed by atoms with E-state index in [4.69, 9.17) is 0 Å². The number of sulfonamides is 1. The van der Waals surface area contributed by atoms with Crippen molar-refractivity contribution >= 4 is 39.4 Å². The topological polar surface area (TPSA) is 107 Å². The minimum Gasteiger partial charge on any atom is -0.466 e. The van der Waals surface area contributed by atoms with Crippen LogP contribution in [0.2, 0.25) is 19.6 Å². The Kier molecular flexibility index (Phi) is 10.2. The number of methoxy groups -OCH3 is 1. The zero-order valence-corrected chi connectivity index (χ0v) is 24.5. The first-order valence-electron chi connectivity index (χ1n) is 11.3. The molecule has 212 valence electrons. The van der Waals surface area contributed by atoms with Gasteiger partial charge < -0.3 is 8.92 Å². The zero-order valence-electron chi connectivity index (χ0n) is 21.9. The van der Waals surface area contributed by atoms with Crippen LogP contribution >= 0.6 is 0 Å². The number of carbonyl (C=O) groups excluding carboxylic acids is 1. The van der Waals surface area contributed by atoms with Crippen molar-refractivity contribution in [3.63, 3.8) is 0 Å². The monoisotopic (exact) mass is 603 g/mol. The van der Waals surface area contributed by atoms with Gasteiger partial charge in [-0.15, -0.1) is 0 Å². The Morgan fingerprint density at radius 3 is 2.21 bits per heavy atom. The van der Waals surface area contributed by atoms with Crippen molar-refractivity contribution in [1.29, 1.82) is 0 Å². The van der Waals surface area contributed by atoms with E-state index in [2.05, 4.69) is 20.8 Å². The number of nitrogens with zero attached hydrogens (tertiary/aromatic N) is 1. The van der Waals surface area contributed by atoms with Gasteiger partial charge in [0.05, 0.1) is 26.6 Å². The summed E-state index contributed by atoms with van der Waals surface area (Å²) in [5, 5.41) is 0.257. The maximum absolute atomic E-state index is 13.5. The second kappa shape index (κ2) is 12.4. The summed E-state index contributed by atoms with van der Waals surface area (Å²) in [4.78, 5) is 11.1. The Balaban J connectivity index is 2.66. The average Bonchev–Trinajstić information content (AvgIpc) is 2.82. The molecular formula is C25H28F3NO7S2Si. The lowest BCUT2D eigenvalue weighted by Gasteiger charge is -2.26. The van der Waals surface area contributed by atoms with Gasteiger partial charge in [-0.2, -0.15) is 25.9 Å². The predicted molar refractivity (Wildman–Crippen MR) is 143 cm³/mol. The molecule has 2 rings (SSSR count). The van der Waals surface area contributed by atoms with Crippen molar-refractivity contribution in [1.82, 2.24) is 4.31 Å². The molecule has 0 aliphatic rings. The molecule has 0 aromatic heterocycles. The Hall–Kier alpha value is -3.12. The molecule has 0 aliphatic heterocycles. The van der Waals surface area contributed by atoms with Crippen LogP contribution in [0, 0.1) is 18.8 Å². The quantitative estimate of drug-likeness (QED) is 0.107. The third-order valence-corrected chi connectivity index (χ3v) is 10.0. The summed E-state index contributed by atoms with van der Waals surface area (Å²) in [5.74, 6) is 3.85. The summed E-state index contributed by atoms with van der Waals surface area (Å²) in [6.45, 7) is 6.11. The summed E-state index contributed by atoms with van der Waals surface area (Å²) in [6.07, 6.45) is 2.18. The second-order valence-corrected chi connectivity index (χ2v) is 17.8. The highest BCUT2D eigenvalue weighted by atomic mass is 32.2. The summed E-state index contributed by atoms with van der Waals surface area (Å²) < 4.78 is 101. The summed E-state index contributed by atoms with van der Waals surface area (Å²) in [7, 11) is -11.6. The fourth-order valence-corrected chi connectivity index (χ4v) is 6.60. The van der Waals surface area contributed by atoms with Gasteiger partial charge in [-0.3, -0.25) is 0 Å². The van der Waals surface area contributed by atoms with Crippen LogP contribution < -0.4 is 9.37 Å². The lowest BCUT2D eigenvalue weighted by atomic mass is 10.2. The average molecular weight is 604 g/mol. The predicted octanol–water partition coefficient (Wildman–Crippen LogP) is 3.69. The highest BCUT2D eigenvalue weighted by Crippen LogP contribution is 2.31. The number of rotatable bonds is 9. The summed E-state index contributed by atoms with van der Waals surface area (Å²) in [5.41, 5.74) is -4.99. The van der Waals surface area contributed by atoms with Gasteiger partial charge in [-0.25, -0.2) is 13.2 Å². The van der Waals surface area contributed by atoms with E-state index in [1.165, 1.54) is 37.4 Å². The highest BCUT2D eigenvalue weighted by molar-refractivity contribution is 7.89. The van der Waals surface area contributed by atoms with Gasteiger partial charge in [-0.1, -0.05) is 67.4 Å². The van der Waals surface area contributed by atoms with E-state index < -0.39 is 58.5 Å². The number of ether oxygens (including phenoxy) is 1. The molecule has 0 saturated heterocycles. The highest BCUT2D eigenvalue weighted by Gasteiger charge is 2.49. The van der Waals surface area contributed by atoms with Crippen LogP contribution in [0.1, 0.15) is 11.1 Å². The molecule has 0 bridgehead atoms. The fraction of sp³-hybridized carbons (Fsp3) is 0.320. The first-order valence-corrected chi connectivity index (χ1v) is 17.7. The minimum absolute atomic E-state index is 0.0923. The van der Waals surface area contributed by atoms with E-state index >= 15 is 0 Å². The van der Waals surface area contributed by atoms with E-state index in [0.717, 1.165) is 22.0 Å². The Morgan fingerprint density at radius 1 is 1.05 bits per heavy atom. The number of alkyl halides is 3. The van der Waals surface area contributed by atoms with Gasteiger partial charge in [0.2, 0.25) is 10.0 Å². The van der Waals surface area contributed by atoms with Gasteiger partial charge in [0.25, 0.3) is 0 Å². The fourth-order valence-electron chi connectivity index (χ4n) is 3.20. The molecule has 0 heterocycles. The Labute approximate surface area is 227 Å². The molecule has 14 heteroatoms. The van der Waals surface area contributed by atoms with Gasteiger partial charge in [0.15, 0.2) is 0 Å². The largest absolute Gasteiger partial charge is 0.534 e. The van der Waals surface area contributed by atoms with Gasteiger partial charge in [0.1, 0.15) is 5.75 Å². The van der Waals surface area contributed by atoms with Crippen LogP contribution in [0.15, 0.2) is 59.5 Å². The number of benzene rings is 2. The molecule has 39 heavy (non-hydrogen) atoms. The molecule has 0 N–H and O–H groups in total. The van der Waals surface area contributed by atoms with Crippen molar-refractivity contribution in [2.24, 2.45) is 0 Å². The first kappa shape index (κ1) is 32.1. The second-order valence-electron chi connectivity index (χ2n) is 9.29. The zero-order chi connectivity index (χ0) is 29.6. The number of para-hydroxylation sites is 1. The van der Waals surface area contributed by atoms with Gasteiger partial charge >= 0.3 is 21.6 Å². The van der Waals surface area contributed by atoms with Crippen LogP contribution in [0.3, 0.4) is 0 Å². The number of hydrogen-bond acceptors (Lipinski definition) is 7. The lowest BCUT2D eigenvalue weighted by molar-refractivity contribution is -0.134. The number of hydrogen-bond donors (Lipinski definition) is 0. The Bertz CT molecular complexity index is 1500. The maximum Gasteiger partial charge on any atom is 0.534 e. The van der Waals surface area contributed by atoms with E-state index in [0.29, 0.717) is 0 Å². The molecular weight excluding hydrogens is 575 g/mol. The van der Waals surface area contributed by atoms with E-state index in [9.17, 15) is 34.8 Å². The normalized spacial score (nSPS) is 12.7. The smallest absolute Gasteiger partial charge is 0.466 e. The molecule has 2 aromatic rings. The molecule has 2 aromatic carbocycles. The minimum atomic E-state index is -6.05. The van der Waals surface area contributed by atoms with Crippen molar-refractivity contribution in [3.05, 3.63) is 65.7 Å². The van der Waals surface area contributed by atoms with Crippen molar-refractivity contribution in [2.45, 2.75) is 43.5 Å². The van der Waals surface area contributed by atoms with Gasteiger partial charge in [0, 0.05) is 18.2 Å². The van der Waals surface area contributed by atoms with Crippen LogP contribution in [0.25, 0.3) is 0 Å². The molecule has 0 unspecified atom stereocenters. The molecule has 8 nitrogen and oxygen atoms in total. The molecule has 0 atom stereocenters. The van der Waals surface area contributed by atoms with E-state index in [1.54, 1.807) is 38.7 Å². The number of halogens is 3. The third kappa shape index (κ3) is 8.43. The molecule has 0 fully saturated rings. The number of allylic oxidation sites excluding steroid dienone is 1. The van der Waals surface area contributed by atoms with Crippen LogP contribution in [0.5, 0.6) is 5.75 Å². The number of carbonyl (C=O) groups is 1. The Morgan fingerprint density at radius 2 is 1.67 bits per heavy atom. The number of esters is 1. The van der Waals surface area contributed by atoms with E-state index in [-0.39, 0.29) is 15.6 Å². The third-order valence-electron chi connectivity index (χ3n) is 5.25. The maximum atomic E-state index is 13.5.